The summed E-state index contributed by atoms with van der Waals surface area (Å²) in [5.41, 5.74) is -1.08. The number of imidazole rings is 1. The van der Waals surface area contributed by atoms with Crippen LogP contribution in [0, 0.1) is 10.1 Å². The first-order valence-corrected chi connectivity index (χ1v) is 12.2. The monoisotopic (exact) mass is 545 g/mol. The van der Waals surface area contributed by atoms with Crippen LogP contribution < -0.4 is 16.0 Å². The molecule has 2 N–H and O–H groups in total. The number of nitro groups is 1. The van der Waals surface area contributed by atoms with Crippen molar-refractivity contribution in [1.82, 2.24) is 19.1 Å². The van der Waals surface area contributed by atoms with Gasteiger partial charge in [0.25, 0.3) is 11.2 Å². The van der Waals surface area contributed by atoms with Crippen LogP contribution in [0.5, 0.6) is 5.75 Å². The Bertz CT molecular complexity index is 1580. The number of ketones is 1. The second kappa shape index (κ2) is 11.0. The third-order valence-corrected chi connectivity index (χ3v) is 6.58. The second-order valence-corrected chi connectivity index (χ2v) is 9.31. The molecule has 0 aliphatic carbocycles. The van der Waals surface area contributed by atoms with E-state index in [4.69, 9.17) is 16.3 Å². The Morgan fingerprint density at radius 1 is 1.22 bits per heavy atom. The number of fused-ring (bicyclic) bond motifs is 1. The van der Waals surface area contributed by atoms with Crippen molar-refractivity contribution in [1.29, 1.82) is 0 Å². The first-order valence-electron chi connectivity index (χ1n) is 10.8. The van der Waals surface area contributed by atoms with Crippen LogP contribution in [0.3, 0.4) is 0 Å². The lowest BCUT2D eigenvalue weighted by Crippen LogP contribution is -2.30. The number of carbonyl (C=O) groups excluding carboxylic acids is 1. The summed E-state index contributed by atoms with van der Waals surface area (Å²) in [5, 5.41) is 22.3. The van der Waals surface area contributed by atoms with Gasteiger partial charge in [-0.3, -0.25) is 29.3 Å². The summed E-state index contributed by atoms with van der Waals surface area (Å²) in [6, 6.07) is 11.8. The minimum atomic E-state index is -1.07. The van der Waals surface area contributed by atoms with Crippen LogP contribution in [0.2, 0.25) is 5.02 Å². The molecule has 192 valence electrons. The minimum Gasteiger partial charge on any atom is -0.491 e. The van der Waals surface area contributed by atoms with Gasteiger partial charge in [-0.2, -0.15) is 0 Å². The van der Waals surface area contributed by atoms with Crippen LogP contribution in [0.1, 0.15) is 10.4 Å². The molecule has 4 aromatic rings. The summed E-state index contributed by atoms with van der Waals surface area (Å²) in [7, 11) is 1.44. The van der Waals surface area contributed by atoms with Crippen LogP contribution in [-0.2, 0) is 13.6 Å². The number of carbonyl (C=O) groups is 1. The van der Waals surface area contributed by atoms with Gasteiger partial charge in [0.1, 0.15) is 18.5 Å². The molecule has 0 saturated heterocycles. The van der Waals surface area contributed by atoms with E-state index >= 15 is 0 Å². The first kappa shape index (κ1) is 26.1. The highest BCUT2D eigenvalue weighted by atomic mass is 35.5. The number of rotatable bonds is 10. The fourth-order valence-electron chi connectivity index (χ4n) is 3.46. The lowest BCUT2D eigenvalue weighted by atomic mass is 10.1. The van der Waals surface area contributed by atoms with E-state index in [1.54, 1.807) is 24.3 Å². The molecule has 2 aromatic carbocycles. The number of nitro benzene ring substituents is 1. The molecule has 14 heteroatoms. The Morgan fingerprint density at radius 2 is 1.89 bits per heavy atom. The molecule has 0 amide bonds. The molecule has 0 fully saturated rings. The smallest absolute Gasteiger partial charge is 0.329 e. The number of aromatic nitrogens is 4. The van der Waals surface area contributed by atoms with Gasteiger partial charge in [0, 0.05) is 29.8 Å². The normalized spacial score (nSPS) is 12.0. The average Bonchev–Trinajstić information content (AvgIpc) is 3.24. The Balaban J connectivity index is 1.57. The summed E-state index contributed by atoms with van der Waals surface area (Å²) < 4.78 is 8.17. The highest BCUT2D eigenvalue weighted by Gasteiger charge is 2.21. The molecule has 0 saturated carbocycles. The first-order chi connectivity index (χ1) is 17.6. The fraction of sp³-hybridized carbons (Fsp3) is 0.217. The molecule has 0 spiro atoms. The van der Waals surface area contributed by atoms with Crippen LogP contribution in [0.25, 0.3) is 11.2 Å². The van der Waals surface area contributed by atoms with E-state index in [1.807, 2.05) is 0 Å². The van der Waals surface area contributed by atoms with E-state index in [9.17, 15) is 29.6 Å². The molecule has 1 atom stereocenters. The van der Waals surface area contributed by atoms with E-state index in [0.29, 0.717) is 10.8 Å². The van der Waals surface area contributed by atoms with Crippen molar-refractivity contribution in [2.24, 2.45) is 7.05 Å². The molecule has 0 aliphatic rings. The topological polar surface area (TPSA) is 162 Å². The maximum absolute atomic E-state index is 12.7. The fourth-order valence-corrected chi connectivity index (χ4v) is 4.49. The van der Waals surface area contributed by atoms with Gasteiger partial charge in [-0.25, -0.2) is 9.78 Å². The molecule has 0 bridgehead atoms. The van der Waals surface area contributed by atoms with Gasteiger partial charge in [0.15, 0.2) is 22.1 Å². The van der Waals surface area contributed by atoms with Crippen molar-refractivity contribution in [2.45, 2.75) is 17.8 Å². The highest BCUT2D eigenvalue weighted by molar-refractivity contribution is 7.99. The van der Waals surface area contributed by atoms with Gasteiger partial charge in [-0.15, -0.1) is 0 Å². The predicted molar refractivity (Wildman–Crippen MR) is 137 cm³/mol. The number of H-pyrrole nitrogens is 1. The van der Waals surface area contributed by atoms with Gasteiger partial charge in [0.05, 0.1) is 17.2 Å². The van der Waals surface area contributed by atoms with Crippen LogP contribution in [-0.4, -0.2) is 53.4 Å². The number of aryl methyl sites for hydroxylation is 1. The number of hydrogen-bond acceptors (Lipinski definition) is 9. The summed E-state index contributed by atoms with van der Waals surface area (Å²) in [5.74, 6) is 0.0556. The molecule has 4 rings (SSSR count). The van der Waals surface area contributed by atoms with Gasteiger partial charge < -0.3 is 14.4 Å². The zero-order chi connectivity index (χ0) is 26.7. The van der Waals surface area contributed by atoms with Gasteiger partial charge in [0.2, 0.25) is 0 Å². The quantitative estimate of drug-likeness (QED) is 0.132. The standard InChI is InChI=1S/C23H20ClN5O7S/c1-27-20-19(21(32)26-22(27)33)28(10-16(30)11-36-17-8-4-14(24)5-9-17)23(25-20)37-12-18(31)13-2-6-15(7-3-13)29(34)35/h2-9,16,30H,10-12H2,1H3,(H,26,32,33)/t16-/m0/s1. The number of aliphatic hydroxyl groups excluding tert-OH is 1. The second-order valence-electron chi connectivity index (χ2n) is 7.93. The summed E-state index contributed by atoms with van der Waals surface area (Å²) in [4.78, 5) is 54.3. The molecule has 0 aliphatic heterocycles. The lowest BCUT2D eigenvalue weighted by Gasteiger charge is -2.15. The van der Waals surface area contributed by atoms with E-state index in [2.05, 4.69) is 9.97 Å². The highest BCUT2D eigenvalue weighted by Crippen LogP contribution is 2.24. The number of aromatic amines is 1. The van der Waals surface area contributed by atoms with Crippen molar-refractivity contribution in [2.75, 3.05) is 12.4 Å². The molecular formula is C23H20ClN5O7S. The third-order valence-electron chi connectivity index (χ3n) is 5.35. The number of halogens is 1. The Morgan fingerprint density at radius 3 is 2.54 bits per heavy atom. The summed E-state index contributed by atoms with van der Waals surface area (Å²) in [6.45, 7) is -0.226. The average molecular weight is 546 g/mol. The lowest BCUT2D eigenvalue weighted by molar-refractivity contribution is -0.384. The number of nitrogens with zero attached hydrogens (tertiary/aromatic N) is 4. The van der Waals surface area contributed by atoms with Crippen molar-refractivity contribution in [3.05, 3.63) is 90.1 Å². The molecular weight excluding hydrogens is 526 g/mol. The van der Waals surface area contributed by atoms with Crippen LogP contribution >= 0.6 is 23.4 Å². The van der Waals surface area contributed by atoms with E-state index < -0.39 is 22.3 Å². The Labute approximate surface area is 217 Å². The molecule has 37 heavy (non-hydrogen) atoms. The Hall–Kier alpha value is -3.94. The number of ether oxygens (including phenoxy) is 1. The number of benzene rings is 2. The van der Waals surface area contributed by atoms with Crippen molar-refractivity contribution in [3.8, 4) is 5.75 Å². The molecule has 2 aromatic heterocycles. The molecule has 0 unspecified atom stereocenters. The van der Waals surface area contributed by atoms with Crippen LogP contribution in [0.15, 0.2) is 63.3 Å². The number of aliphatic hydroxyl groups is 1. The maximum Gasteiger partial charge on any atom is 0.329 e. The number of thioether (sulfide) groups is 1. The minimum absolute atomic E-state index is 0.0536. The SMILES string of the molecule is Cn1c(=O)[nH]c(=O)c2c1nc(SCC(=O)c1ccc([N+](=O)[O-])cc1)n2C[C@H](O)COc1ccc(Cl)cc1. The van der Waals surface area contributed by atoms with E-state index in [0.717, 1.165) is 16.3 Å². The van der Waals surface area contributed by atoms with E-state index in [1.165, 1.54) is 35.9 Å². The molecule has 2 heterocycles. The Kier molecular flexibility index (Phi) is 7.76. The summed E-state index contributed by atoms with van der Waals surface area (Å²) in [6.07, 6.45) is -1.07. The summed E-state index contributed by atoms with van der Waals surface area (Å²) >= 11 is 6.87. The zero-order valence-corrected chi connectivity index (χ0v) is 20.9. The van der Waals surface area contributed by atoms with Crippen molar-refractivity contribution < 1.29 is 19.6 Å². The van der Waals surface area contributed by atoms with Gasteiger partial charge in [-0.1, -0.05) is 23.4 Å². The molecule has 12 nitrogen and oxygen atoms in total. The van der Waals surface area contributed by atoms with Crippen LogP contribution in [0.4, 0.5) is 5.69 Å². The number of Topliss-reactive ketones (excluding diaryl/α,β-unsaturated/α-hetero) is 1. The van der Waals surface area contributed by atoms with Gasteiger partial charge >= 0.3 is 5.69 Å². The number of hydrogen-bond donors (Lipinski definition) is 2. The largest absolute Gasteiger partial charge is 0.491 e. The van der Waals surface area contributed by atoms with E-state index in [-0.39, 0.29) is 52.3 Å². The van der Waals surface area contributed by atoms with Crippen molar-refractivity contribution >= 4 is 46.0 Å². The maximum atomic E-state index is 12.7. The third kappa shape index (κ3) is 5.90. The van der Waals surface area contributed by atoms with Crippen molar-refractivity contribution in [3.63, 3.8) is 0 Å². The number of nitrogens with one attached hydrogen (secondary N) is 1. The number of non-ortho nitro benzene ring substituents is 1. The van der Waals surface area contributed by atoms with Gasteiger partial charge in [-0.05, 0) is 36.4 Å². The predicted octanol–water partition coefficient (Wildman–Crippen LogP) is 2.40. The molecule has 0 radical (unpaired) electrons. The zero-order valence-electron chi connectivity index (χ0n) is 19.3.